The Kier molecular flexibility index (Phi) is 5.48. The molecule has 156 valence electrons. The largest absolute Gasteiger partial charge is 0.494 e. The van der Waals surface area contributed by atoms with Crippen molar-refractivity contribution in [3.05, 3.63) is 52.5 Å². The summed E-state index contributed by atoms with van der Waals surface area (Å²) in [5.41, 5.74) is -1.37. The van der Waals surface area contributed by atoms with Crippen molar-refractivity contribution in [3.8, 4) is 0 Å². The summed E-state index contributed by atoms with van der Waals surface area (Å²) < 4.78 is 47.9. The van der Waals surface area contributed by atoms with Crippen LogP contribution in [-0.2, 0) is 4.74 Å². The molecule has 0 spiro atoms. The highest BCUT2D eigenvalue weighted by atomic mass is 35.5. The first-order valence-corrected chi connectivity index (χ1v) is 10.3. The van der Waals surface area contributed by atoms with E-state index in [-0.39, 0.29) is 48.5 Å². The molecule has 29 heavy (non-hydrogen) atoms. The number of thioether (sulfide) groups is 1. The summed E-state index contributed by atoms with van der Waals surface area (Å²) in [7, 11) is 0. The number of hydrogen-bond acceptors (Lipinski definition) is 5. The smallest absolute Gasteiger partial charge is 0.280 e. The second kappa shape index (κ2) is 7.77. The van der Waals surface area contributed by atoms with Crippen molar-refractivity contribution < 1.29 is 27.8 Å². The molecule has 1 aromatic carbocycles. The van der Waals surface area contributed by atoms with Crippen LogP contribution < -0.4 is 10.2 Å². The van der Waals surface area contributed by atoms with Crippen molar-refractivity contribution in [1.29, 1.82) is 0 Å². The number of ether oxygens (including phenoxy) is 1. The predicted octanol–water partition coefficient (Wildman–Crippen LogP) is 3.91. The molecule has 2 saturated heterocycles. The van der Waals surface area contributed by atoms with Gasteiger partial charge in [0.2, 0.25) is 0 Å². The van der Waals surface area contributed by atoms with Crippen LogP contribution in [0.15, 0.2) is 35.9 Å². The number of amides is 1. The first-order chi connectivity index (χ1) is 13.8. The average Bonchev–Trinajstić information content (AvgIpc) is 3.05. The van der Waals surface area contributed by atoms with E-state index in [1.807, 2.05) is 0 Å². The number of rotatable bonds is 4. The van der Waals surface area contributed by atoms with Crippen molar-refractivity contribution in [2.24, 2.45) is 0 Å². The molecule has 3 aliphatic rings. The zero-order chi connectivity index (χ0) is 20.8. The minimum Gasteiger partial charge on any atom is -0.494 e. The number of nitrogens with zero attached hydrogens (tertiary/aromatic N) is 1. The van der Waals surface area contributed by atoms with Crippen LogP contribution in [-0.4, -0.2) is 46.9 Å². The minimum absolute atomic E-state index is 0.0204. The highest BCUT2D eigenvalue weighted by Gasteiger charge is 2.42. The molecule has 2 unspecified atom stereocenters. The lowest BCUT2D eigenvalue weighted by Crippen LogP contribution is -2.48. The Morgan fingerprint density at radius 2 is 1.90 bits per heavy atom. The molecule has 2 N–H and O–H groups in total. The van der Waals surface area contributed by atoms with Gasteiger partial charge in [0, 0.05) is 18.1 Å². The molecule has 2 atom stereocenters. The SMILES string of the molecule is O=C1NC2C(F)=CC=C(OCC3(O)CCN(c4c(F)cc(Cl)cc4F)CC3)C2S1. The summed E-state index contributed by atoms with van der Waals surface area (Å²) in [4.78, 5) is 13.1. The van der Waals surface area contributed by atoms with Gasteiger partial charge in [-0.3, -0.25) is 4.79 Å². The standard InChI is InChI=1S/C19H18ClF3N2O3S/c20-10-7-12(22)16(13(23)8-10)25-5-3-19(27,4-6-25)9-28-14-2-1-11(21)15-17(14)29-18(26)24-15/h1-2,7-8,15,17,27H,3-6,9H2,(H,24,26). The maximum absolute atomic E-state index is 14.1. The van der Waals surface area contributed by atoms with Gasteiger partial charge >= 0.3 is 0 Å². The summed E-state index contributed by atoms with van der Waals surface area (Å²) in [6.45, 7) is 0.388. The van der Waals surface area contributed by atoms with Crippen LogP contribution in [0.2, 0.25) is 5.02 Å². The third-order valence-electron chi connectivity index (χ3n) is 5.29. The van der Waals surface area contributed by atoms with E-state index in [9.17, 15) is 23.1 Å². The summed E-state index contributed by atoms with van der Waals surface area (Å²) in [5.74, 6) is -1.54. The number of benzene rings is 1. The molecule has 1 amide bonds. The predicted molar refractivity (Wildman–Crippen MR) is 105 cm³/mol. The van der Waals surface area contributed by atoms with Gasteiger partial charge in [-0.1, -0.05) is 23.4 Å². The molecule has 2 heterocycles. The molecule has 0 radical (unpaired) electrons. The molecule has 0 saturated carbocycles. The average molecular weight is 447 g/mol. The van der Waals surface area contributed by atoms with Crippen LogP contribution in [0.25, 0.3) is 0 Å². The van der Waals surface area contributed by atoms with E-state index in [0.717, 1.165) is 23.9 Å². The van der Waals surface area contributed by atoms with E-state index in [1.165, 1.54) is 17.1 Å². The summed E-state index contributed by atoms with van der Waals surface area (Å²) >= 11 is 6.60. The van der Waals surface area contributed by atoms with E-state index in [0.29, 0.717) is 5.76 Å². The number of fused-ring (bicyclic) bond motifs is 1. The zero-order valence-electron chi connectivity index (χ0n) is 15.1. The minimum atomic E-state index is -1.20. The van der Waals surface area contributed by atoms with Crippen molar-refractivity contribution >= 4 is 34.3 Å². The van der Waals surface area contributed by atoms with E-state index in [2.05, 4.69) is 5.32 Å². The molecule has 1 aliphatic carbocycles. The fourth-order valence-corrected chi connectivity index (χ4v) is 4.91. The lowest BCUT2D eigenvalue weighted by Gasteiger charge is -2.39. The molecule has 0 aromatic heterocycles. The third kappa shape index (κ3) is 4.08. The lowest BCUT2D eigenvalue weighted by atomic mass is 9.92. The van der Waals surface area contributed by atoms with Crippen LogP contribution in [0, 0.1) is 11.6 Å². The van der Waals surface area contributed by atoms with Gasteiger partial charge in [-0.25, -0.2) is 13.2 Å². The second-order valence-electron chi connectivity index (χ2n) is 7.29. The highest BCUT2D eigenvalue weighted by molar-refractivity contribution is 8.14. The summed E-state index contributed by atoms with van der Waals surface area (Å²) in [5, 5.41) is 12.5. The van der Waals surface area contributed by atoms with Crippen molar-refractivity contribution in [2.75, 3.05) is 24.6 Å². The number of carbonyl (C=O) groups excluding carboxylic acids is 1. The normalized spacial score (nSPS) is 25.8. The Hall–Kier alpha value is -1.84. The second-order valence-corrected chi connectivity index (χ2v) is 8.84. The van der Waals surface area contributed by atoms with Crippen LogP contribution >= 0.6 is 23.4 Å². The number of halogens is 4. The van der Waals surface area contributed by atoms with E-state index in [1.54, 1.807) is 0 Å². The van der Waals surface area contributed by atoms with Gasteiger partial charge in [-0.2, -0.15) is 0 Å². The lowest BCUT2D eigenvalue weighted by molar-refractivity contribution is -0.0446. The van der Waals surface area contributed by atoms with Gasteiger partial charge in [0.05, 0.1) is 5.25 Å². The molecular weight excluding hydrogens is 429 g/mol. The molecule has 4 rings (SSSR count). The number of anilines is 1. The first-order valence-electron chi connectivity index (χ1n) is 9.05. The Bertz CT molecular complexity index is 880. The van der Waals surface area contributed by atoms with Gasteiger partial charge < -0.3 is 20.1 Å². The topological polar surface area (TPSA) is 61.8 Å². The van der Waals surface area contributed by atoms with Crippen LogP contribution in [0.5, 0.6) is 0 Å². The zero-order valence-corrected chi connectivity index (χ0v) is 16.7. The van der Waals surface area contributed by atoms with Gasteiger partial charge in [0.15, 0.2) is 11.6 Å². The molecule has 1 aromatic rings. The van der Waals surface area contributed by atoms with Gasteiger partial charge in [0.25, 0.3) is 5.24 Å². The molecule has 10 heteroatoms. The quantitative estimate of drug-likeness (QED) is 0.734. The van der Waals surface area contributed by atoms with Crippen LogP contribution in [0.1, 0.15) is 12.8 Å². The van der Waals surface area contributed by atoms with Crippen LogP contribution in [0.4, 0.5) is 23.7 Å². The Labute approximate surface area is 174 Å². The van der Waals surface area contributed by atoms with Crippen molar-refractivity contribution in [3.63, 3.8) is 0 Å². The fraction of sp³-hybridized carbons (Fsp3) is 0.421. The molecule has 2 aliphatic heterocycles. The fourth-order valence-electron chi connectivity index (χ4n) is 3.69. The van der Waals surface area contributed by atoms with Crippen molar-refractivity contribution in [2.45, 2.75) is 29.7 Å². The monoisotopic (exact) mass is 446 g/mol. The van der Waals surface area contributed by atoms with Gasteiger partial charge in [0.1, 0.15) is 35.5 Å². The number of carbonyl (C=O) groups is 1. The number of nitrogens with one attached hydrogen (secondary N) is 1. The number of hydrogen-bond donors (Lipinski definition) is 2. The number of piperidine rings is 1. The Morgan fingerprint density at radius 1 is 1.24 bits per heavy atom. The first kappa shape index (κ1) is 20.4. The molecule has 5 nitrogen and oxygen atoms in total. The maximum atomic E-state index is 14.1. The summed E-state index contributed by atoms with van der Waals surface area (Å²) in [6.07, 6.45) is 3.15. The highest BCUT2D eigenvalue weighted by Crippen LogP contribution is 2.38. The van der Waals surface area contributed by atoms with Gasteiger partial charge in [-0.05, 0) is 37.1 Å². The molecule has 2 fully saturated rings. The summed E-state index contributed by atoms with van der Waals surface area (Å²) in [6, 6.07) is 1.34. The van der Waals surface area contributed by atoms with E-state index < -0.39 is 34.4 Å². The Balaban J connectivity index is 1.39. The number of aliphatic hydroxyl groups is 1. The maximum Gasteiger partial charge on any atom is 0.280 e. The number of allylic oxidation sites excluding steroid dienone is 2. The Morgan fingerprint density at radius 3 is 2.55 bits per heavy atom. The van der Waals surface area contributed by atoms with E-state index >= 15 is 0 Å². The van der Waals surface area contributed by atoms with Crippen molar-refractivity contribution in [1.82, 2.24) is 5.32 Å². The third-order valence-corrected chi connectivity index (χ3v) is 6.60. The van der Waals surface area contributed by atoms with Crippen LogP contribution in [0.3, 0.4) is 0 Å². The van der Waals surface area contributed by atoms with Gasteiger partial charge in [-0.15, -0.1) is 0 Å². The molecular formula is C19H18ClF3N2O3S. The molecule has 0 bridgehead atoms. The van der Waals surface area contributed by atoms with E-state index in [4.69, 9.17) is 16.3 Å².